The molecule has 0 spiro atoms. The predicted molar refractivity (Wildman–Crippen MR) is 206 cm³/mol. The number of hydrogen-bond acceptors (Lipinski definition) is 8. The first-order chi connectivity index (χ1) is 25.4. The van der Waals surface area contributed by atoms with Gasteiger partial charge < -0.3 is 18.9 Å². The molecule has 52 heavy (non-hydrogen) atoms. The number of allylic oxidation sites excluding steroid dienone is 1. The molecule has 4 aromatic carbocycles. The Labute approximate surface area is 311 Å². The maximum absolute atomic E-state index is 14.5. The van der Waals surface area contributed by atoms with E-state index in [1.54, 1.807) is 17.6 Å². The summed E-state index contributed by atoms with van der Waals surface area (Å²) in [4.78, 5) is 33.8. The second-order valence-electron chi connectivity index (χ2n) is 11.7. The van der Waals surface area contributed by atoms with Crippen molar-refractivity contribution in [2.75, 3.05) is 19.8 Å². The van der Waals surface area contributed by atoms with Gasteiger partial charge in [-0.05, 0) is 74.7 Å². The van der Waals surface area contributed by atoms with Crippen molar-refractivity contribution in [2.24, 2.45) is 4.99 Å². The van der Waals surface area contributed by atoms with E-state index in [0.717, 1.165) is 27.8 Å². The van der Waals surface area contributed by atoms with Crippen LogP contribution in [-0.2, 0) is 22.6 Å². The summed E-state index contributed by atoms with van der Waals surface area (Å²) < 4.78 is 25.7. The predicted octanol–water partition coefficient (Wildman–Crippen LogP) is 7.69. The van der Waals surface area contributed by atoms with Gasteiger partial charge in [0.05, 0.1) is 41.7 Å². The Morgan fingerprint density at radius 3 is 2.33 bits per heavy atom. The summed E-state index contributed by atoms with van der Waals surface area (Å²) in [5, 5.41) is 0.614. The highest BCUT2D eigenvalue weighted by molar-refractivity contribution is 7.07. The molecular formula is C42H39ClN2O6S. The molecule has 0 aliphatic carbocycles. The van der Waals surface area contributed by atoms with Gasteiger partial charge in [-0.25, -0.2) is 9.79 Å². The smallest absolute Gasteiger partial charge is 0.338 e. The molecule has 1 aromatic heterocycles. The van der Waals surface area contributed by atoms with Gasteiger partial charge in [-0.1, -0.05) is 89.7 Å². The number of aromatic nitrogens is 1. The van der Waals surface area contributed by atoms with E-state index in [0.29, 0.717) is 56.9 Å². The Morgan fingerprint density at radius 2 is 1.63 bits per heavy atom. The van der Waals surface area contributed by atoms with Gasteiger partial charge in [0, 0.05) is 21.7 Å². The van der Waals surface area contributed by atoms with Crippen LogP contribution in [0.5, 0.6) is 17.2 Å². The van der Waals surface area contributed by atoms with Crippen LogP contribution in [0.25, 0.3) is 11.8 Å². The average molecular weight is 735 g/mol. The molecule has 2 heterocycles. The number of rotatable bonds is 14. The molecular weight excluding hydrogens is 696 g/mol. The molecule has 1 aliphatic rings. The summed E-state index contributed by atoms with van der Waals surface area (Å²) in [5.41, 5.74) is 4.33. The molecule has 0 bridgehead atoms. The fraction of sp³-hybridized carbons (Fsp3) is 0.214. The minimum absolute atomic E-state index is 0.165. The molecule has 0 unspecified atom stereocenters. The van der Waals surface area contributed by atoms with Crippen molar-refractivity contribution in [3.8, 4) is 17.2 Å². The zero-order valence-electron chi connectivity index (χ0n) is 29.3. The SMILES string of the molecule is C=CCc1cc(/C=c2\sc3n(c2=O)[C@@H](c2ccc(OCC)cc2)C(C(=O)OCC)=C(c2ccccc2)N=3)cc(OCC)c1OCc1ccccc1Cl. The van der Waals surface area contributed by atoms with Crippen molar-refractivity contribution in [3.63, 3.8) is 0 Å². The number of benzene rings is 4. The third-order valence-electron chi connectivity index (χ3n) is 8.33. The van der Waals surface area contributed by atoms with Crippen LogP contribution in [0.4, 0.5) is 0 Å². The standard InChI is InChI=1S/C42H39ClN2O6S/c1-5-14-30-23-27(24-34(49-7-3)39(30)51-26-31-17-12-13-18-33(31)43)25-35-40(46)45-38(29-19-21-32(22-20-29)48-6-2)36(41(47)50-8-4)37(44-42(45)52-35)28-15-10-9-11-16-28/h5,9-13,15-25,38H,1,6-8,14,26H2,2-4H3/b35-25-/t38-/m0/s1. The number of carbonyl (C=O) groups is 1. The molecule has 0 fully saturated rings. The zero-order chi connectivity index (χ0) is 36.6. The molecule has 0 radical (unpaired) electrons. The van der Waals surface area contributed by atoms with E-state index in [1.165, 1.54) is 11.3 Å². The highest BCUT2D eigenvalue weighted by atomic mass is 35.5. The van der Waals surface area contributed by atoms with Crippen LogP contribution in [0.1, 0.15) is 54.6 Å². The minimum atomic E-state index is -0.806. The first-order valence-electron chi connectivity index (χ1n) is 17.1. The Morgan fingerprint density at radius 1 is 0.904 bits per heavy atom. The largest absolute Gasteiger partial charge is 0.494 e. The Hall–Kier alpha value is -5.38. The fourth-order valence-corrected chi connectivity index (χ4v) is 7.28. The third kappa shape index (κ3) is 7.76. The van der Waals surface area contributed by atoms with Crippen molar-refractivity contribution in [1.29, 1.82) is 0 Å². The van der Waals surface area contributed by atoms with Crippen molar-refractivity contribution < 1.29 is 23.7 Å². The maximum Gasteiger partial charge on any atom is 0.338 e. The number of nitrogens with zero attached hydrogens (tertiary/aromatic N) is 2. The first kappa shape index (κ1) is 36.4. The summed E-state index contributed by atoms with van der Waals surface area (Å²) in [7, 11) is 0. The summed E-state index contributed by atoms with van der Waals surface area (Å²) in [6, 6.07) is 27.4. The van der Waals surface area contributed by atoms with E-state index in [2.05, 4.69) is 6.58 Å². The first-order valence-corrected chi connectivity index (χ1v) is 18.3. The lowest BCUT2D eigenvalue weighted by molar-refractivity contribution is -0.138. The molecule has 1 atom stereocenters. The van der Waals surface area contributed by atoms with E-state index in [1.807, 2.05) is 111 Å². The van der Waals surface area contributed by atoms with Gasteiger partial charge in [-0.2, -0.15) is 0 Å². The second kappa shape index (κ2) is 16.8. The zero-order valence-corrected chi connectivity index (χ0v) is 30.8. The highest BCUT2D eigenvalue weighted by Crippen LogP contribution is 2.37. The van der Waals surface area contributed by atoms with E-state index >= 15 is 0 Å². The van der Waals surface area contributed by atoms with Crippen LogP contribution >= 0.6 is 22.9 Å². The molecule has 0 saturated heterocycles. The Kier molecular flexibility index (Phi) is 11.7. The van der Waals surface area contributed by atoms with Crippen molar-refractivity contribution in [2.45, 2.75) is 39.8 Å². The molecule has 0 saturated carbocycles. The van der Waals surface area contributed by atoms with Crippen LogP contribution < -0.4 is 29.1 Å². The van der Waals surface area contributed by atoms with Gasteiger partial charge in [-0.3, -0.25) is 9.36 Å². The van der Waals surface area contributed by atoms with Crippen LogP contribution in [0.15, 0.2) is 119 Å². The number of thiazole rings is 1. The van der Waals surface area contributed by atoms with Gasteiger partial charge in [0.15, 0.2) is 16.3 Å². The number of esters is 1. The van der Waals surface area contributed by atoms with Gasteiger partial charge in [-0.15, -0.1) is 6.58 Å². The summed E-state index contributed by atoms with van der Waals surface area (Å²) in [5.74, 6) is 1.27. The number of ether oxygens (including phenoxy) is 4. The average Bonchev–Trinajstić information content (AvgIpc) is 3.46. The normalized spacial score (nSPS) is 14.0. The van der Waals surface area contributed by atoms with Crippen LogP contribution in [-0.4, -0.2) is 30.4 Å². The lowest BCUT2D eigenvalue weighted by atomic mass is 9.93. The molecule has 0 N–H and O–H groups in total. The molecule has 266 valence electrons. The molecule has 10 heteroatoms. The number of halogens is 1. The highest BCUT2D eigenvalue weighted by Gasteiger charge is 2.35. The number of hydrogen-bond donors (Lipinski definition) is 0. The fourth-order valence-electron chi connectivity index (χ4n) is 6.09. The maximum atomic E-state index is 14.5. The quantitative estimate of drug-likeness (QED) is 0.0859. The van der Waals surface area contributed by atoms with Crippen molar-refractivity contribution >= 4 is 40.7 Å². The molecule has 5 aromatic rings. The molecule has 0 amide bonds. The lowest BCUT2D eigenvalue weighted by Gasteiger charge is -2.26. The van der Waals surface area contributed by atoms with Crippen molar-refractivity contribution in [1.82, 2.24) is 4.57 Å². The molecule has 6 rings (SSSR count). The summed E-state index contributed by atoms with van der Waals surface area (Å²) in [6.07, 6.45) is 4.12. The van der Waals surface area contributed by atoms with Gasteiger partial charge >= 0.3 is 5.97 Å². The summed E-state index contributed by atoms with van der Waals surface area (Å²) >= 11 is 7.67. The Bertz CT molecular complexity index is 2290. The molecule has 8 nitrogen and oxygen atoms in total. The molecule has 1 aliphatic heterocycles. The monoisotopic (exact) mass is 734 g/mol. The number of carbonyl (C=O) groups excluding carboxylic acids is 1. The lowest BCUT2D eigenvalue weighted by Crippen LogP contribution is -2.40. The Balaban J connectivity index is 1.53. The van der Waals surface area contributed by atoms with Crippen LogP contribution in [0.3, 0.4) is 0 Å². The van der Waals surface area contributed by atoms with Gasteiger partial charge in [0.25, 0.3) is 5.56 Å². The van der Waals surface area contributed by atoms with Gasteiger partial charge in [0.1, 0.15) is 12.4 Å². The number of fused-ring (bicyclic) bond motifs is 1. The van der Waals surface area contributed by atoms with E-state index in [-0.39, 0.29) is 24.3 Å². The van der Waals surface area contributed by atoms with Crippen LogP contribution in [0, 0.1) is 0 Å². The van der Waals surface area contributed by atoms with E-state index < -0.39 is 12.0 Å². The topological polar surface area (TPSA) is 88.4 Å². The van der Waals surface area contributed by atoms with Gasteiger partial charge in [0.2, 0.25) is 0 Å². The third-order valence-corrected chi connectivity index (χ3v) is 9.68. The van der Waals surface area contributed by atoms with E-state index in [9.17, 15) is 9.59 Å². The summed E-state index contributed by atoms with van der Waals surface area (Å²) in [6.45, 7) is 10.9. The van der Waals surface area contributed by atoms with E-state index in [4.69, 9.17) is 35.5 Å². The second-order valence-corrected chi connectivity index (χ2v) is 13.2. The minimum Gasteiger partial charge on any atom is -0.494 e. The van der Waals surface area contributed by atoms with Crippen LogP contribution in [0.2, 0.25) is 5.02 Å². The van der Waals surface area contributed by atoms with Crippen molar-refractivity contribution in [3.05, 3.63) is 162 Å².